The molecule has 2 saturated carbocycles. The van der Waals surface area contributed by atoms with Crippen LogP contribution in [-0.2, 0) is 9.53 Å². The van der Waals surface area contributed by atoms with Crippen molar-refractivity contribution in [2.75, 3.05) is 0 Å². The zero-order valence-corrected chi connectivity index (χ0v) is 13.3. The highest BCUT2D eigenvalue weighted by Gasteiger charge is 2.39. The predicted molar refractivity (Wildman–Crippen MR) is 79.1 cm³/mol. The van der Waals surface area contributed by atoms with E-state index >= 15 is 0 Å². The second-order valence-corrected chi connectivity index (χ2v) is 7.51. The van der Waals surface area contributed by atoms with Crippen molar-refractivity contribution in [2.24, 2.45) is 29.6 Å². The van der Waals surface area contributed by atoms with Gasteiger partial charge < -0.3 is 9.84 Å². The molecule has 0 amide bonds. The summed E-state index contributed by atoms with van der Waals surface area (Å²) in [4.78, 5) is 12.3. The number of ether oxygens (including phenoxy) is 1. The molecule has 6 atom stereocenters. The fraction of sp³-hybridized carbons (Fsp3) is 0.941. The molecular formula is C17H30O3. The molecule has 0 aromatic carbocycles. The van der Waals surface area contributed by atoms with Gasteiger partial charge in [0.2, 0.25) is 0 Å². The highest BCUT2D eigenvalue weighted by Crippen LogP contribution is 2.37. The Kier molecular flexibility index (Phi) is 5.11. The van der Waals surface area contributed by atoms with E-state index in [1.165, 1.54) is 12.8 Å². The minimum atomic E-state index is -0.335. The van der Waals surface area contributed by atoms with Gasteiger partial charge in [0.1, 0.15) is 6.10 Å². The largest absolute Gasteiger partial charge is 0.462 e. The van der Waals surface area contributed by atoms with Crippen molar-refractivity contribution in [2.45, 2.75) is 72.0 Å². The van der Waals surface area contributed by atoms with Crippen LogP contribution in [0.25, 0.3) is 0 Å². The highest BCUT2D eigenvalue weighted by atomic mass is 16.5. The van der Waals surface area contributed by atoms with Gasteiger partial charge in [0.25, 0.3) is 0 Å². The third-order valence-corrected chi connectivity index (χ3v) is 5.40. The summed E-state index contributed by atoms with van der Waals surface area (Å²) in [5, 5.41) is 9.80. The van der Waals surface area contributed by atoms with Gasteiger partial charge in [-0.1, -0.05) is 34.1 Å². The lowest BCUT2D eigenvalue weighted by Crippen LogP contribution is -2.37. The van der Waals surface area contributed by atoms with Crippen LogP contribution in [0.2, 0.25) is 0 Å². The number of carbonyl (C=O) groups excluding carboxylic acids is 1. The summed E-state index contributed by atoms with van der Waals surface area (Å²) in [5.74, 6) is 1.77. The van der Waals surface area contributed by atoms with Gasteiger partial charge in [-0.2, -0.15) is 0 Å². The van der Waals surface area contributed by atoms with E-state index in [4.69, 9.17) is 4.74 Å². The third-order valence-electron chi connectivity index (χ3n) is 5.40. The fourth-order valence-electron chi connectivity index (χ4n) is 3.91. The lowest BCUT2D eigenvalue weighted by molar-refractivity contribution is -0.161. The van der Waals surface area contributed by atoms with E-state index in [0.29, 0.717) is 24.2 Å². The van der Waals surface area contributed by atoms with Gasteiger partial charge in [-0.25, -0.2) is 0 Å². The number of carbonyl (C=O) groups is 1. The van der Waals surface area contributed by atoms with Gasteiger partial charge in [-0.3, -0.25) is 4.79 Å². The van der Waals surface area contributed by atoms with Gasteiger partial charge >= 0.3 is 5.97 Å². The Balaban J connectivity index is 1.94. The molecule has 0 saturated heterocycles. The molecule has 3 nitrogen and oxygen atoms in total. The Morgan fingerprint density at radius 3 is 2.40 bits per heavy atom. The lowest BCUT2D eigenvalue weighted by atomic mass is 9.75. The molecule has 0 bridgehead atoms. The predicted octanol–water partition coefficient (Wildman–Crippen LogP) is 3.40. The maximum absolute atomic E-state index is 12.3. The molecule has 2 aliphatic carbocycles. The third kappa shape index (κ3) is 3.55. The summed E-state index contributed by atoms with van der Waals surface area (Å²) in [7, 11) is 0. The van der Waals surface area contributed by atoms with E-state index in [-0.39, 0.29) is 30.0 Å². The molecule has 0 aromatic heterocycles. The van der Waals surface area contributed by atoms with Gasteiger partial charge in [0.15, 0.2) is 0 Å². The molecule has 20 heavy (non-hydrogen) atoms. The zero-order chi connectivity index (χ0) is 14.9. The molecule has 4 unspecified atom stereocenters. The molecule has 2 fully saturated rings. The number of esters is 1. The summed E-state index contributed by atoms with van der Waals surface area (Å²) < 4.78 is 5.87. The first-order chi connectivity index (χ1) is 9.38. The quantitative estimate of drug-likeness (QED) is 0.807. The van der Waals surface area contributed by atoms with Crippen LogP contribution >= 0.6 is 0 Å². The monoisotopic (exact) mass is 282 g/mol. The molecule has 2 aliphatic rings. The van der Waals surface area contributed by atoms with Crippen molar-refractivity contribution >= 4 is 5.97 Å². The first-order valence-electron chi connectivity index (χ1n) is 8.27. The maximum atomic E-state index is 12.3. The Morgan fingerprint density at radius 2 is 1.85 bits per heavy atom. The fourth-order valence-corrected chi connectivity index (χ4v) is 3.91. The van der Waals surface area contributed by atoms with Crippen LogP contribution in [0.1, 0.15) is 59.8 Å². The summed E-state index contributed by atoms with van der Waals surface area (Å²) in [6.45, 7) is 8.71. The number of aliphatic hydroxyl groups is 1. The number of hydrogen-bond donors (Lipinski definition) is 1. The lowest BCUT2D eigenvalue weighted by Gasteiger charge is -2.37. The smallest absolute Gasteiger partial charge is 0.309 e. The van der Waals surface area contributed by atoms with Gasteiger partial charge in [0.05, 0.1) is 12.0 Å². The standard InChI is InChI=1S/C17H30O3/c1-10(2)14-6-5-11(3)7-16(14)20-17(19)13-8-12(4)15(18)9-13/h10-16,18H,5-9H2,1-4H3/t11?,12-,13?,14?,15-,16?/m1/s1. The molecule has 1 N–H and O–H groups in total. The van der Waals surface area contributed by atoms with E-state index in [1.807, 2.05) is 6.92 Å². The average molecular weight is 282 g/mol. The molecule has 0 spiro atoms. The molecule has 116 valence electrons. The molecule has 2 rings (SSSR count). The van der Waals surface area contributed by atoms with Crippen LogP contribution in [0.15, 0.2) is 0 Å². The summed E-state index contributed by atoms with van der Waals surface area (Å²) >= 11 is 0. The van der Waals surface area contributed by atoms with Crippen LogP contribution < -0.4 is 0 Å². The summed E-state index contributed by atoms with van der Waals surface area (Å²) in [6, 6.07) is 0. The van der Waals surface area contributed by atoms with Crippen molar-refractivity contribution in [3.8, 4) is 0 Å². The van der Waals surface area contributed by atoms with Crippen LogP contribution in [0.4, 0.5) is 0 Å². The van der Waals surface area contributed by atoms with Crippen molar-refractivity contribution in [3.05, 3.63) is 0 Å². The average Bonchev–Trinajstić information content (AvgIpc) is 2.69. The molecule has 0 radical (unpaired) electrons. The SMILES string of the molecule is CC1CCC(C(C)C)C(OC(=O)C2C[C@@H](C)[C@H](O)C2)C1. The van der Waals surface area contributed by atoms with E-state index in [9.17, 15) is 9.90 Å². The van der Waals surface area contributed by atoms with Crippen LogP contribution in [-0.4, -0.2) is 23.3 Å². The van der Waals surface area contributed by atoms with Crippen molar-refractivity contribution in [1.29, 1.82) is 0 Å². The number of rotatable bonds is 3. The van der Waals surface area contributed by atoms with Crippen molar-refractivity contribution in [3.63, 3.8) is 0 Å². The van der Waals surface area contributed by atoms with Crippen LogP contribution in [0.3, 0.4) is 0 Å². The van der Waals surface area contributed by atoms with E-state index in [0.717, 1.165) is 12.8 Å². The minimum absolute atomic E-state index is 0.0712. The second-order valence-electron chi connectivity index (χ2n) is 7.51. The Morgan fingerprint density at radius 1 is 1.15 bits per heavy atom. The molecule has 0 heterocycles. The van der Waals surface area contributed by atoms with Gasteiger partial charge in [-0.05, 0) is 49.4 Å². The second kappa shape index (κ2) is 6.46. The molecule has 0 aliphatic heterocycles. The van der Waals surface area contributed by atoms with E-state index in [1.54, 1.807) is 0 Å². The Bertz CT molecular complexity index is 329. The van der Waals surface area contributed by atoms with Crippen LogP contribution in [0, 0.1) is 29.6 Å². The van der Waals surface area contributed by atoms with Crippen LogP contribution in [0.5, 0.6) is 0 Å². The Hall–Kier alpha value is -0.570. The Labute approximate surface area is 123 Å². The molecular weight excluding hydrogens is 252 g/mol. The zero-order valence-electron chi connectivity index (χ0n) is 13.3. The number of hydrogen-bond acceptors (Lipinski definition) is 3. The maximum Gasteiger partial charge on any atom is 0.309 e. The first-order valence-corrected chi connectivity index (χ1v) is 8.27. The minimum Gasteiger partial charge on any atom is -0.462 e. The van der Waals surface area contributed by atoms with Gasteiger partial charge in [0, 0.05) is 0 Å². The van der Waals surface area contributed by atoms with Crippen molar-refractivity contribution in [1.82, 2.24) is 0 Å². The van der Waals surface area contributed by atoms with Gasteiger partial charge in [-0.15, -0.1) is 0 Å². The highest BCUT2D eigenvalue weighted by molar-refractivity contribution is 5.73. The summed E-state index contributed by atoms with van der Waals surface area (Å²) in [5.41, 5.74) is 0. The van der Waals surface area contributed by atoms with E-state index in [2.05, 4.69) is 20.8 Å². The first kappa shape index (κ1) is 15.8. The summed E-state index contributed by atoms with van der Waals surface area (Å²) in [6.07, 6.45) is 4.51. The normalized spacial score (nSPS) is 41.9. The van der Waals surface area contributed by atoms with E-state index < -0.39 is 0 Å². The number of aliphatic hydroxyl groups excluding tert-OH is 1. The topological polar surface area (TPSA) is 46.5 Å². The molecule has 0 aromatic rings. The molecule has 3 heteroatoms. The van der Waals surface area contributed by atoms with Crippen molar-refractivity contribution < 1.29 is 14.6 Å².